The molecule has 8 heavy (non-hydrogen) atoms. The predicted molar refractivity (Wildman–Crippen MR) is 53.2 cm³/mol. The molecular weight excluding hydrogens is 232 g/mol. The van der Waals surface area contributed by atoms with E-state index in [1.165, 1.54) is 32.4 Å². The van der Waals surface area contributed by atoms with E-state index in [2.05, 4.69) is 5.32 Å². The molecule has 52 valence electrons. The lowest BCUT2D eigenvalue weighted by atomic mass is 10.2. The summed E-state index contributed by atoms with van der Waals surface area (Å²) in [5.41, 5.74) is 0. The van der Waals surface area contributed by atoms with Crippen LogP contribution in [0.1, 0.15) is 19.3 Å². The Morgan fingerprint density at radius 3 is 1.50 bits per heavy atom. The molecule has 1 rings (SSSR count). The van der Waals surface area contributed by atoms with Gasteiger partial charge in [-0.3, -0.25) is 0 Å². The third-order valence-electron chi connectivity index (χ3n) is 1.21. The molecular formula is C5H15INP. The van der Waals surface area contributed by atoms with Crippen LogP contribution in [-0.4, -0.2) is 13.1 Å². The molecule has 1 unspecified atom stereocenters. The zero-order chi connectivity index (χ0) is 4.24. The van der Waals surface area contributed by atoms with Gasteiger partial charge in [0.2, 0.25) is 0 Å². The van der Waals surface area contributed by atoms with Gasteiger partial charge in [-0.25, -0.2) is 0 Å². The SMILES string of the molecule is C1CCNCC1.I.P. The van der Waals surface area contributed by atoms with Crippen LogP contribution < -0.4 is 5.32 Å². The fraction of sp³-hybridized carbons (Fsp3) is 1.00. The number of hydrogen-bond donors (Lipinski definition) is 1. The average Bonchev–Trinajstić information content (AvgIpc) is 1.72. The minimum absolute atomic E-state index is 0. The first-order valence-electron chi connectivity index (χ1n) is 2.71. The van der Waals surface area contributed by atoms with Gasteiger partial charge in [0.05, 0.1) is 0 Å². The van der Waals surface area contributed by atoms with E-state index in [1.807, 2.05) is 0 Å². The van der Waals surface area contributed by atoms with Gasteiger partial charge in [0.1, 0.15) is 0 Å². The molecule has 0 amide bonds. The normalized spacial score (nSPS) is 18.0. The molecule has 1 heterocycles. The van der Waals surface area contributed by atoms with E-state index in [9.17, 15) is 0 Å². The van der Waals surface area contributed by atoms with Crippen LogP contribution in [0.15, 0.2) is 0 Å². The van der Waals surface area contributed by atoms with Crippen LogP contribution in [0, 0.1) is 0 Å². The molecule has 0 aromatic heterocycles. The van der Waals surface area contributed by atoms with Crippen LogP contribution in [0.5, 0.6) is 0 Å². The van der Waals surface area contributed by atoms with E-state index in [0.29, 0.717) is 0 Å². The number of hydrogen-bond acceptors (Lipinski definition) is 1. The zero-order valence-electron chi connectivity index (χ0n) is 5.15. The summed E-state index contributed by atoms with van der Waals surface area (Å²) in [6, 6.07) is 0. The van der Waals surface area contributed by atoms with Gasteiger partial charge < -0.3 is 5.32 Å². The summed E-state index contributed by atoms with van der Waals surface area (Å²) in [5.74, 6) is 0. The van der Waals surface area contributed by atoms with Gasteiger partial charge >= 0.3 is 0 Å². The maximum atomic E-state index is 3.28. The van der Waals surface area contributed by atoms with Gasteiger partial charge in [0, 0.05) is 0 Å². The van der Waals surface area contributed by atoms with Crippen molar-refractivity contribution in [2.75, 3.05) is 13.1 Å². The Kier molecular flexibility index (Phi) is 12.0. The Balaban J connectivity index is 0. The Morgan fingerprint density at radius 1 is 0.875 bits per heavy atom. The molecule has 1 aliphatic rings. The lowest BCUT2D eigenvalue weighted by Gasteiger charge is -2.08. The van der Waals surface area contributed by atoms with E-state index in [0.717, 1.165) is 0 Å². The van der Waals surface area contributed by atoms with Gasteiger partial charge in [-0.05, 0) is 25.9 Å². The van der Waals surface area contributed by atoms with Crippen molar-refractivity contribution in [3.8, 4) is 0 Å². The van der Waals surface area contributed by atoms with Crippen molar-refractivity contribution in [3.05, 3.63) is 0 Å². The van der Waals surface area contributed by atoms with Crippen LogP contribution in [-0.2, 0) is 0 Å². The highest BCUT2D eigenvalue weighted by Crippen LogP contribution is 1.96. The first-order chi connectivity index (χ1) is 3.00. The Bertz CT molecular complexity index is 27.9. The number of halogens is 1. The van der Waals surface area contributed by atoms with Crippen molar-refractivity contribution < 1.29 is 0 Å². The summed E-state index contributed by atoms with van der Waals surface area (Å²) >= 11 is 0. The maximum Gasteiger partial charge on any atom is -0.00489 e. The lowest BCUT2D eigenvalue weighted by molar-refractivity contribution is 0.520. The molecule has 1 saturated heterocycles. The van der Waals surface area contributed by atoms with Crippen LogP contribution >= 0.6 is 33.9 Å². The summed E-state index contributed by atoms with van der Waals surface area (Å²) in [7, 11) is 0. The molecule has 1 N–H and O–H groups in total. The lowest BCUT2D eigenvalue weighted by Crippen LogP contribution is -2.21. The smallest absolute Gasteiger partial charge is 0.00489 e. The first-order valence-corrected chi connectivity index (χ1v) is 2.71. The van der Waals surface area contributed by atoms with E-state index >= 15 is 0 Å². The van der Waals surface area contributed by atoms with Crippen LogP contribution in [0.25, 0.3) is 0 Å². The van der Waals surface area contributed by atoms with Crippen LogP contribution in [0.2, 0.25) is 0 Å². The van der Waals surface area contributed by atoms with Crippen molar-refractivity contribution in [1.82, 2.24) is 5.32 Å². The predicted octanol–water partition coefficient (Wildman–Crippen LogP) is 1.44. The largest absolute Gasteiger partial charge is 0.317 e. The van der Waals surface area contributed by atoms with Crippen molar-refractivity contribution in [2.24, 2.45) is 0 Å². The third-order valence-corrected chi connectivity index (χ3v) is 1.21. The number of nitrogens with one attached hydrogen (secondary N) is 1. The van der Waals surface area contributed by atoms with Gasteiger partial charge in [0.15, 0.2) is 0 Å². The molecule has 1 nitrogen and oxygen atoms in total. The molecule has 0 bridgehead atoms. The molecule has 0 aromatic rings. The van der Waals surface area contributed by atoms with Crippen molar-refractivity contribution in [1.29, 1.82) is 0 Å². The Morgan fingerprint density at radius 2 is 1.38 bits per heavy atom. The summed E-state index contributed by atoms with van der Waals surface area (Å²) in [5, 5.41) is 3.28. The quantitative estimate of drug-likeness (QED) is 0.504. The molecule has 0 radical (unpaired) electrons. The zero-order valence-corrected chi connectivity index (χ0v) is 8.90. The Labute approximate surface area is 71.6 Å². The second-order valence-corrected chi connectivity index (χ2v) is 1.81. The highest BCUT2D eigenvalue weighted by Gasteiger charge is 1.93. The summed E-state index contributed by atoms with van der Waals surface area (Å²) in [4.78, 5) is 0. The minimum atomic E-state index is 0. The first kappa shape index (κ1) is 11.9. The molecule has 0 aromatic carbocycles. The molecule has 1 fully saturated rings. The van der Waals surface area contributed by atoms with E-state index < -0.39 is 0 Å². The van der Waals surface area contributed by atoms with Crippen LogP contribution in [0.3, 0.4) is 0 Å². The van der Waals surface area contributed by atoms with Crippen LogP contribution in [0.4, 0.5) is 0 Å². The van der Waals surface area contributed by atoms with E-state index in [4.69, 9.17) is 0 Å². The maximum absolute atomic E-state index is 3.28. The monoisotopic (exact) mass is 247 g/mol. The second-order valence-electron chi connectivity index (χ2n) is 1.81. The molecule has 1 aliphatic heterocycles. The molecule has 0 spiro atoms. The topological polar surface area (TPSA) is 12.0 Å². The average molecular weight is 247 g/mol. The molecule has 0 aliphatic carbocycles. The molecule has 0 saturated carbocycles. The fourth-order valence-electron chi connectivity index (χ4n) is 0.802. The van der Waals surface area contributed by atoms with E-state index in [-0.39, 0.29) is 33.9 Å². The number of rotatable bonds is 0. The molecule has 3 heteroatoms. The van der Waals surface area contributed by atoms with Crippen molar-refractivity contribution in [3.63, 3.8) is 0 Å². The van der Waals surface area contributed by atoms with Gasteiger partial charge in [-0.15, -0.1) is 24.0 Å². The van der Waals surface area contributed by atoms with Gasteiger partial charge in [0.25, 0.3) is 0 Å². The fourth-order valence-corrected chi connectivity index (χ4v) is 0.802. The Hall–Kier alpha value is 1.12. The minimum Gasteiger partial charge on any atom is -0.317 e. The van der Waals surface area contributed by atoms with Gasteiger partial charge in [-0.2, -0.15) is 9.90 Å². The summed E-state index contributed by atoms with van der Waals surface area (Å²) < 4.78 is 0. The highest BCUT2D eigenvalue weighted by molar-refractivity contribution is 14.0. The summed E-state index contributed by atoms with van der Waals surface area (Å²) in [6.45, 7) is 2.50. The van der Waals surface area contributed by atoms with Crippen molar-refractivity contribution >= 4 is 33.9 Å². The third kappa shape index (κ3) is 5.26. The summed E-state index contributed by atoms with van der Waals surface area (Å²) in [6.07, 6.45) is 4.22. The number of piperidine rings is 1. The van der Waals surface area contributed by atoms with Gasteiger partial charge in [-0.1, -0.05) is 6.42 Å². The molecule has 1 atom stereocenters. The standard InChI is InChI=1S/C5H11N.HI.H3P/c1-2-4-6-5-3-1;;/h6H,1-5H2;1H;1H3. The second kappa shape index (κ2) is 8.12. The van der Waals surface area contributed by atoms with Crippen molar-refractivity contribution in [2.45, 2.75) is 19.3 Å². The highest BCUT2D eigenvalue weighted by atomic mass is 127. The van der Waals surface area contributed by atoms with E-state index in [1.54, 1.807) is 0 Å².